The molecule has 1 unspecified atom stereocenters. The first-order valence-electron chi connectivity index (χ1n) is 10.7. The van der Waals surface area contributed by atoms with E-state index >= 15 is 0 Å². The molecule has 3 aromatic rings. The number of halogens is 3. The van der Waals surface area contributed by atoms with Crippen molar-refractivity contribution in [2.75, 3.05) is 6.54 Å². The Morgan fingerprint density at radius 1 is 1.12 bits per heavy atom. The smallest absolute Gasteiger partial charge is 0.410 e. The Balaban J connectivity index is 1.75. The van der Waals surface area contributed by atoms with Gasteiger partial charge in [0.15, 0.2) is 5.78 Å². The number of benzene rings is 2. The SMILES string of the molecule is NC(=O)Oc1cccc(-c2nc(C(=O)CC3CCCCN3)c(-c3cccc(C(F)(F)F)c3)s2)c1. The van der Waals surface area contributed by atoms with Gasteiger partial charge in [-0.05, 0) is 49.2 Å². The maximum atomic E-state index is 13.3. The van der Waals surface area contributed by atoms with Crippen molar-refractivity contribution in [1.29, 1.82) is 0 Å². The molecule has 1 aliphatic rings. The molecule has 3 N–H and O–H groups in total. The minimum atomic E-state index is -4.51. The van der Waals surface area contributed by atoms with Crippen LogP contribution in [0.4, 0.5) is 18.0 Å². The third-order valence-electron chi connectivity index (χ3n) is 5.49. The lowest BCUT2D eigenvalue weighted by Gasteiger charge is -2.22. The number of Topliss-reactive ketones (excluding diaryl/α,β-unsaturated/α-hetero) is 1. The molecule has 10 heteroatoms. The van der Waals surface area contributed by atoms with E-state index in [9.17, 15) is 22.8 Å². The number of ketones is 1. The Hall–Kier alpha value is -3.24. The average Bonchev–Trinajstić information content (AvgIpc) is 3.25. The van der Waals surface area contributed by atoms with Crippen molar-refractivity contribution in [1.82, 2.24) is 10.3 Å². The standard InChI is InChI=1S/C24H22F3N3O3S/c25-24(26,27)16-7-3-5-14(11-16)21-20(19(31)13-17-8-1-2-10-29-17)30-22(34-21)15-6-4-9-18(12-15)33-23(28)32/h3-7,9,11-12,17,29H,1-2,8,10,13H2,(H2,28,32). The number of thiazole rings is 1. The topological polar surface area (TPSA) is 94.3 Å². The summed E-state index contributed by atoms with van der Waals surface area (Å²) in [6.07, 6.45) is -2.36. The zero-order valence-electron chi connectivity index (χ0n) is 18.0. The van der Waals surface area contributed by atoms with Crippen LogP contribution in [0.3, 0.4) is 0 Å². The quantitative estimate of drug-likeness (QED) is 0.435. The van der Waals surface area contributed by atoms with Crippen molar-refractivity contribution >= 4 is 23.2 Å². The highest BCUT2D eigenvalue weighted by Crippen LogP contribution is 2.39. The monoisotopic (exact) mass is 489 g/mol. The van der Waals surface area contributed by atoms with Gasteiger partial charge in [-0.2, -0.15) is 13.2 Å². The zero-order chi connectivity index (χ0) is 24.3. The number of nitrogens with zero attached hydrogens (tertiary/aromatic N) is 1. The van der Waals surface area contributed by atoms with Crippen LogP contribution in [0.5, 0.6) is 5.75 Å². The molecule has 0 saturated carbocycles. The van der Waals surface area contributed by atoms with Gasteiger partial charge in [-0.1, -0.05) is 30.7 Å². The fourth-order valence-electron chi connectivity index (χ4n) is 3.89. The van der Waals surface area contributed by atoms with Crippen molar-refractivity contribution in [3.63, 3.8) is 0 Å². The summed E-state index contributed by atoms with van der Waals surface area (Å²) in [4.78, 5) is 29.2. The molecule has 0 spiro atoms. The van der Waals surface area contributed by atoms with E-state index in [0.717, 1.165) is 49.3 Å². The summed E-state index contributed by atoms with van der Waals surface area (Å²) in [7, 11) is 0. The Labute approximate surface area is 198 Å². The Morgan fingerprint density at radius 2 is 1.88 bits per heavy atom. The molecule has 1 saturated heterocycles. The molecule has 2 heterocycles. The molecule has 0 radical (unpaired) electrons. The fourth-order valence-corrected chi connectivity index (χ4v) is 4.97. The number of alkyl halides is 3. The van der Waals surface area contributed by atoms with E-state index < -0.39 is 17.8 Å². The number of aromatic nitrogens is 1. The minimum absolute atomic E-state index is 0.00746. The summed E-state index contributed by atoms with van der Waals surface area (Å²) < 4.78 is 44.9. The molecular formula is C24H22F3N3O3S. The number of hydrogen-bond donors (Lipinski definition) is 2. The van der Waals surface area contributed by atoms with Gasteiger partial charge in [0.25, 0.3) is 0 Å². The lowest BCUT2D eigenvalue weighted by atomic mass is 9.97. The van der Waals surface area contributed by atoms with Gasteiger partial charge in [0.2, 0.25) is 0 Å². The summed E-state index contributed by atoms with van der Waals surface area (Å²) >= 11 is 1.11. The Bertz CT molecular complexity index is 1200. The summed E-state index contributed by atoms with van der Waals surface area (Å²) in [5.41, 5.74) is 5.22. The van der Waals surface area contributed by atoms with Crippen molar-refractivity contribution in [2.24, 2.45) is 5.73 Å². The van der Waals surface area contributed by atoms with Crippen LogP contribution in [-0.2, 0) is 6.18 Å². The summed E-state index contributed by atoms with van der Waals surface area (Å²) in [5.74, 6) is -0.0426. The minimum Gasteiger partial charge on any atom is -0.410 e. The first-order chi connectivity index (χ1) is 16.2. The predicted molar refractivity (Wildman–Crippen MR) is 123 cm³/mol. The van der Waals surface area contributed by atoms with Crippen molar-refractivity contribution < 1.29 is 27.5 Å². The van der Waals surface area contributed by atoms with Crippen LogP contribution >= 0.6 is 11.3 Å². The average molecular weight is 490 g/mol. The number of nitrogens with one attached hydrogen (secondary N) is 1. The van der Waals surface area contributed by atoms with Gasteiger partial charge in [0, 0.05) is 18.0 Å². The van der Waals surface area contributed by atoms with Crippen LogP contribution in [0.25, 0.3) is 21.0 Å². The summed E-state index contributed by atoms with van der Waals surface area (Å²) in [6, 6.07) is 11.3. The van der Waals surface area contributed by atoms with Crippen molar-refractivity contribution in [3.05, 3.63) is 59.8 Å². The number of carbonyl (C=O) groups excluding carboxylic acids is 2. The normalized spacial score (nSPS) is 16.3. The van der Waals surface area contributed by atoms with E-state index in [1.165, 1.54) is 24.3 Å². The lowest BCUT2D eigenvalue weighted by Crippen LogP contribution is -2.35. The molecule has 0 bridgehead atoms. The molecule has 1 atom stereocenters. The number of nitrogens with two attached hydrogens (primary N) is 1. The van der Waals surface area contributed by atoms with Gasteiger partial charge in [-0.15, -0.1) is 11.3 Å². The van der Waals surface area contributed by atoms with Crippen LogP contribution in [0, 0.1) is 0 Å². The van der Waals surface area contributed by atoms with Crippen molar-refractivity contribution in [3.8, 4) is 26.8 Å². The van der Waals surface area contributed by atoms with Gasteiger partial charge in [-0.3, -0.25) is 4.79 Å². The molecule has 6 nitrogen and oxygen atoms in total. The number of hydrogen-bond acceptors (Lipinski definition) is 6. The fraction of sp³-hybridized carbons (Fsp3) is 0.292. The first-order valence-corrected chi connectivity index (χ1v) is 11.5. The maximum absolute atomic E-state index is 13.3. The van der Waals surface area contributed by atoms with Gasteiger partial charge in [0.1, 0.15) is 16.5 Å². The molecule has 2 aromatic carbocycles. The molecule has 34 heavy (non-hydrogen) atoms. The number of piperidine rings is 1. The largest absolute Gasteiger partial charge is 0.416 e. The number of ether oxygens (including phenoxy) is 1. The van der Waals surface area contributed by atoms with Crippen LogP contribution < -0.4 is 15.8 Å². The molecule has 1 aromatic heterocycles. The molecule has 1 fully saturated rings. The highest BCUT2D eigenvalue weighted by molar-refractivity contribution is 7.18. The van der Waals surface area contributed by atoms with Gasteiger partial charge < -0.3 is 15.8 Å². The number of rotatable bonds is 6. The number of primary amides is 1. The molecule has 178 valence electrons. The van der Waals surface area contributed by atoms with E-state index in [4.69, 9.17) is 10.5 Å². The highest BCUT2D eigenvalue weighted by atomic mass is 32.1. The summed E-state index contributed by atoms with van der Waals surface area (Å²) in [6.45, 7) is 0.827. The van der Waals surface area contributed by atoms with Crippen LogP contribution in [-0.4, -0.2) is 29.4 Å². The van der Waals surface area contributed by atoms with Gasteiger partial charge in [-0.25, -0.2) is 9.78 Å². The van der Waals surface area contributed by atoms with Crippen LogP contribution in [0.1, 0.15) is 41.7 Å². The van der Waals surface area contributed by atoms with E-state index in [0.29, 0.717) is 15.4 Å². The lowest BCUT2D eigenvalue weighted by molar-refractivity contribution is -0.137. The zero-order valence-corrected chi connectivity index (χ0v) is 18.8. The number of carbonyl (C=O) groups is 2. The highest BCUT2D eigenvalue weighted by Gasteiger charge is 2.31. The van der Waals surface area contributed by atoms with E-state index in [-0.39, 0.29) is 35.3 Å². The third-order valence-corrected chi connectivity index (χ3v) is 6.64. The summed E-state index contributed by atoms with van der Waals surface area (Å²) in [5, 5.41) is 3.74. The van der Waals surface area contributed by atoms with Gasteiger partial charge in [0.05, 0.1) is 10.4 Å². The molecule has 1 aliphatic heterocycles. The third kappa shape index (κ3) is 5.63. The Morgan fingerprint density at radius 3 is 2.59 bits per heavy atom. The van der Waals surface area contributed by atoms with E-state index in [1.54, 1.807) is 12.1 Å². The van der Waals surface area contributed by atoms with Gasteiger partial charge >= 0.3 is 12.3 Å². The second-order valence-electron chi connectivity index (χ2n) is 8.00. The van der Waals surface area contributed by atoms with Crippen LogP contribution in [0.2, 0.25) is 0 Å². The van der Waals surface area contributed by atoms with E-state index in [1.807, 2.05) is 0 Å². The Kier molecular flexibility index (Phi) is 6.99. The van der Waals surface area contributed by atoms with Crippen molar-refractivity contribution in [2.45, 2.75) is 37.9 Å². The number of amides is 1. The van der Waals surface area contributed by atoms with Crippen LogP contribution in [0.15, 0.2) is 48.5 Å². The van der Waals surface area contributed by atoms with E-state index in [2.05, 4.69) is 10.3 Å². The molecule has 1 amide bonds. The molecule has 4 rings (SSSR count). The molecular weight excluding hydrogens is 467 g/mol. The second kappa shape index (κ2) is 9.94. The maximum Gasteiger partial charge on any atom is 0.416 e. The first kappa shape index (κ1) is 23.9. The second-order valence-corrected chi connectivity index (χ2v) is 9.00. The molecule has 0 aliphatic carbocycles. The predicted octanol–water partition coefficient (Wildman–Crippen LogP) is 5.67.